The van der Waals surface area contributed by atoms with E-state index in [0.29, 0.717) is 17.4 Å². The second-order valence-corrected chi connectivity index (χ2v) is 6.76. The number of aromatic nitrogens is 3. The molecule has 0 saturated heterocycles. The van der Waals surface area contributed by atoms with E-state index >= 15 is 0 Å². The third-order valence-electron chi connectivity index (χ3n) is 5.13. The molecule has 4 rings (SSSR count). The number of amides is 1. The Bertz CT molecular complexity index is 881. The molecule has 1 aliphatic rings. The van der Waals surface area contributed by atoms with Crippen molar-refractivity contribution in [2.24, 2.45) is 5.92 Å². The number of rotatable bonds is 5. The highest BCUT2D eigenvalue weighted by atomic mass is 16.1. The van der Waals surface area contributed by atoms with E-state index in [9.17, 15) is 4.79 Å². The number of nitrogens with zero attached hydrogens (tertiary/aromatic N) is 3. The fraction of sp³-hybridized carbons (Fsp3) is 0.350. The van der Waals surface area contributed by atoms with Crippen LogP contribution >= 0.6 is 0 Å². The molecule has 1 amide bonds. The van der Waals surface area contributed by atoms with Crippen LogP contribution in [0.25, 0.3) is 11.0 Å². The summed E-state index contributed by atoms with van der Waals surface area (Å²) in [5, 5.41) is 11.3. The summed E-state index contributed by atoms with van der Waals surface area (Å²) in [5.74, 6) is 1.18. The molecule has 2 aromatic carbocycles. The lowest BCUT2D eigenvalue weighted by molar-refractivity contribution is 0.0935. The zero-order chi connectivity index (χ0) is 17.2. The summed E-state index contributed by atoms with van der Waals surface area (Å²) in [7, 11) is 0. The van der Waals surface area contributed by atoms with E-state index in [2.05, 4.69) is 46.0 Å². The van der Waals surface area contributed by atoms with Gasteiger partial charge in [-0.05, 0) is 55.4 Å². The first-order valence-corrected chi connectivity index (χ1v) is 8.91. The molecule has 1 aromatic heterocycles. The molecule has 1 aliphatic carbocycles. The summed E-state index contributed by atoms with van der Waals surface area (Å²) >= 11 is 0. The molecule has 1 heterocycles. The third-order valence-corrected chi connectivity index (χ3v) is 5.13. The molecule has 1 saturated carbocycles. The van der Waals surface area contributed by atoms with Crippen LogP contribution in [0.2, 0.25) is 0 Å². The van der Waals surface area contributed by atoms with Crippen molar-refractivity contribution in [3.63, 3.8) is 0 Å². The van der Waals surface area contributed by atoms with Gasteiger partial charge in [0.2, 0.25) is 0 Å². The zero-order valence-corrected chi connectivity index (χ0v) is 14.4. The Morgan fingerprint density at radius 2 is 2.00 bits per heavy atom. The van der Waals surface area contributed by atoms with E-state index in [4.69, 9.17) is 0 Å². The van der Waals surface area contributed by atoms with Gasteiger partial charge < -0.3 is 5.32 Å². The van der Waals surface area contributed by atoms with Crippen LogP contribution < -0.4 is 5.32 Å². The average Bonchev–Trinajstić information content (AvgIpc) is 3.03. The first-order chi connectivity index (χ1) is 12.2. The van der Waals surface area contributed by atoms with Gasteiger partial charge in [0.25, 0.3) is 5.91 Å². The van der Waals surface area contributed by atoms with Gasteiger partial charge in [0, 0.05) is 18.7 Å². The fourth-order valence-electron chi connectivity index (χ4n) is 3.59. The van der Waals surface area contributed by atoms with Crippen molar-refractivity contribution < 1.29 is 4.79 Å². The van der Waals surface area contributed by atoms with E-state index in [0.717, 1.165) is 37.0 Å². The van der Waals surface area contributed by atoms with Crippen molar-refractivity contribution in [1.82, 2.24) is 20.3 Å². The van der Waals surface area contributed by atoms with Gasteiger partial charge in [0.1, 0.15) is 5.52 Å². The van der Waals surface area contributed by atoms with Crippen LogP contribution in [-0.2, 0) is 6.54 Å². The molecule has 0 bridgehead atoms. The predicted octanol–water partition coefficient (Wildman–Crippen LogP) is 3.37. The minimum Gasteiger partial charge on any atom is -0.352 e. The van der Waals surface area contributed by atoms with Gasteiger partial charge in [-0.3, -0.25) is 4.79 Å². The predicted molar refractivity (Wildman–Crippen MR) is 97.4 cm³/mol. The summed E-state index contributed by atoms with van der Waals surface area (Å²) in [5.41, 5.74) is 3.79. The Balaban J connectivity index is 1.32. The molecule has 1 fully saturated rings. The van der Waals surface area contributed by atoms with Crippen molar-refractivity contribution in [3.8, 4) is 0 Å². The molecular weight excluding hydrogens is 312 g/mol. The first kappa shape index (κ1) is 15.8. The van der Waals surface area contributed by atoms with Crippen molar-refractivity contribution in [2.75, 3.05) is 6.54 Å². The fourth-order valence-corrected chi connectivity index (χ4v) is 3.59. The standard InChI is InChI=1S/C20H22N4O/c1-2-24-19-9-8-16(12-18(19)22-23-24)20(25)21-13-14-10-17(11-14)15-6-4-3-5-7-15/h3-9,12,14,17H,2,10-11,13H2,1H3,(H,21,25). The van der Waals surface area contributed by atoms with Gasteiger partial charge in [0.05, 0.1) is 5.52 Å². The van der Waals surface area contributed by atoms with Crippen molar-refractivity contribution in [2.45, 2.75) is 32.2 Å². The van der Waals surface area contributed by atoms with Gasteiger partial charge in [0.15, 0.2) is 0 Å². The van der Waals surface area contributed by atoms with E-state index < -0.39 is 0 Å². The maximum Gasteiger partial charge on any atom is 0.251 e. The van der Waals surface area contributed by atoms with Crippen LogP contribution in [0.1, 0.15) is 41.6 Å². The molecular formula is C20H22N4O. The third kappa shape index (κ3) is 3.14. The Labute approximate surface area is 147 Å². The molecule has 0 spiro atoms. The molecule has 5 nitrogen and oxygen atoms in total. The highest BCUT2D eigenvalue weighted by Crippen LogP contribution is 2.41. The maximum atomic E-state index is 12.4. The summed E-state index contributed by atoms with van der Waals surface area (Å²) in [6.07, 6.45) is 2.29. The summed E-state index contributed by atoms with van der Waals surface area (Å²) in [4.78, 5) is 12.4. The lowest BCUT2D eigenvalue weighted by Crippen LogP contribution is -2.35. The summed E-state index contributed by atoms with van der Waals surface area (Å²) in [6, 6.07) is 16.2. The van der Waals surface area contributed by atoms with E-state index in [1.54, 1.807) is 0 Å². The van der Waals surface area contributed by atoms with Crippen molar-refractivity contribution in [3.05, 3.63) is 59.7 Å². The maximum absolute atomic E-state index is 12.4. The molecule has 128 valence electrons. The second kappa shape index (κ2) is 6.67. The number of aryl methyl sites for hydroxylation is 1. The highest BCUT2D eigenvalue weighted by molar-refractivity contribution is 5.97. The number of benzene rings is 2. The SMILES string of the molecule is CCn1nnc2cc(C(=O)NCC3CC(c4ccccc4)C3)ccc21. The van der Waals surface area contributed by atoms with Crippen LogP contribution in [0.4, 0.5) is 0 Å². The minimum atomic E-state index is -0.0314. The molecule has 5 heteroatoms. The average molecular weight is 334 g/mol. The number of hydrogen-bond donors (Lipinski definition) is 1. The van der Waals surface area contributed by atoms with Gasteiger partial charge in [-0.15, -0.1) is 5.10 Å². The topological polar surface area (TPSA) is 59.8 Å². The summed E-state index contributed by atoms with van der Waals surface area (Å²) in [6.45, 7) is 3.53. The number of carbonyl (C=O) groups excluding carboxylic acids is 1. The number of hydrogen-bond acceptors (Lipinski definition) is 3. The molecule has 25 heavy (non-hydrogen) atoms. The van der Waals surface area contributed by atoms with Crippen LogP contribution in [0.3, 0.4) is 0 Å². The number of fused-ring (bicyclic) bond motifs is 1. The molecule has 1 N–H and O–H groups in total. The Hall–Kier alpha value is -2.69. The Morgan fingerprint density at radius 3 is 2.76 bits per heavy atom. The van der Waals surface area contributed by atoms with Gasteiger partial charge in [-0.25, -0.2) is 4.68 Å². The van der Waals surface area contributed by atoms with Crippen LogP contribution in [0.5, 0.6) is 0 Å². The molecule has 0 atom stereocenters. The Kier molecular flexibility index (Phi) is 4.22. The largest absolute Gasteiger partial charge is 0.352 e. The lowest BCUT2D eigenvalue weighted by Gasteiger charge is -2.35. The van der Waals surface area contributed by atoms with Crippen LogP contribution in [-0.4, -0.2) is 27.4 Å². The van der Waals surface area contributed by atoms with Gasteiger partial charge in [-0.2, -0.15) is 0 Å². The number of nitrogens with one attached hydrogen (secondary N) is 1. The molecule has 0 unspecified atom stereocenters. The quantitative estimate of drug-likeness (QED) is 0.778. The lowest BCUT2D eigenvalue weighted by atomic mass is 9.71. The molecule has 3 aromatic rings. The highest BCUT2D eigenvalue weighted by Gasteiger charge is 2.30. The molecule has 0 aliphatic heterocycles. The second-order valence-electron chi connectivity index (χ2n) is 6.76. The smallest absolute Gasteiger partial charge is 0.251 e. The normalized spacial score (nSPS) is 19.6. The van der Waals surface area contributed by atoms with E-state index in [-0.39, 0.29) is 5.91 Å². The van der Waals surface area contributed by atoms with Crippen molar-refractivity contribution in [1.29, 1.82) is 0 Å². The molecule has 0 radical (unpaired) electrons. The Morgan fingerprint density at radius 1 is 1.20 bits per heavy atom. The van der Waals surface area contributed by atoms with E-state index in [1.165, 1.54) is 5.56 Å². The van der Waals surface area contributed by atoms with Crippen molar-refractivity contribution >= 4 is 16.9 Å². The first-order valence-electron chi connectivity index (χ1n) is 8.91. The summed E-state index contributed by atoms with van der Waals surface area (Å²) < 4.78 is 1.83. The zero-order valence-electron chi connectivity index (χ0n) is 14.4. The van der Waals surface area contributed by atoms with Crippen LogP contribution in [0, 0.1) is 5.92 Å². The van der Waals surface area contributed by atoms with Crippen LogP contribution in [0.15, 0.2) is 48.5 Å². The monoisotopic (exact) mass is 334 g/mol. The van der Waals surface area contributed by atoms with Gasteiger partial charge >= 0.3 is 0 Å². The van der Waals surface area contributed by atoms with Gasteiger partial charge in [-0.1, -0.05) is 35.5 Å². The van der Waals surface area contributed by atoms with E-state index in [1.807, 2.05) is 29.8 Å². The number of carbonyl (C=O) groups is 1. The minimum absolute atomic E-state index is 0.0314.